The molecule has 6 heteroatoms. The minimum atomic E-state index is -0.572. The first-order valence-electron chi connectivity index (χ1n) is 6.76. The van der Waals surface area contributed by atoms with E-state index in [4.69, 9.17) is 10.5 Å². The first-order chi connectivity index (χ1) is 10.0. The molecule has 5 nitrogen and oxygen atoms in total. The van der Waals surface area contributed by atoms with Crippen LogP contribution in [0.3, 0.4) is 0 Å². The van der Waals surface area contributed by atoms with E-state index in [1.165, 1.54) is 18.4 Å². The van der Waals surface area contributed by atoms with Crippen LogP contribution < -0.4 is 11.1 Å². The SMILES string of the molecule is COCC(O)CCNC(=O)c1sc2cc(C)ccc2c1N. The van der Waals surface area contributed by atoms with Crippen molar-refractivity contribution in [3.05, 3.63) is 28.6 Å². The van der Waals surface area contributed by atoms with Crippen molar-refractivity contribution in [2.75, 3.05) is 26.0 Å². The number of thiophene rings is 1. The number of fused-ring (bicyclic) bond motifs is 1. The Kier molecular flexibility index (Phi) is 5.17. The fourth-order valence-corrected chi connectivity index (χ4v) is 3.24. The van der Waals surface area contributed by atoms with Crippen LogP contribution in [-0.2, 0) is 4.74 Å². The number of nitrogens with one attached hydrogen (secondary N) is 1. The van der Waals surface area contributed by atoms with Gasteiger partial charge in [-0.25, -0.2) is 0 Å². The van der Waals surface area contributed by atoms with Crippen molar-refractivity contribution in [1.29, 1.82) is 0 Å². The van der Waals surface area contributed by atoms with Gasteiger partial charge < -0.3 is 20.9 Å². The minimum absolute atomic E-state index is 0.198. The third-order valence-electron chi connectivity index (χ3n) is 3.21. The fourth-order valence-electron chi connectivity index (χ4n) is 2.10. The molecule has 1 atom stereocenters. The third-order valence-corrected chi connectivity index (χ3v) is 4.38. The zero-order chi connectivity index (χ0) is 15.4. The second-order valence-corrected chi connectivity index (χ2v) is 6.05. The summed E-state index contributed by atoms with van der Waals surface area (Å²) in [6, 6.07) is 5.94. The van der Waals surface area contributed by atoms with E-state index in [1.54, 1.807) is 0 Å². The molecule has 1 unspecified atom stereocenters. The topological polar surface area (TPSA) is 84.6 Å². The zero-order valence-corrected chi connectivity index (χ0v) is 13.0. The first kappa shape index (κ1) is 15.8. The molecule has 2 rings (SSSR count). The van der Waals surface area contributed by atoms with Gasteiger partial charge in [-0.15, -0.1) is 11.3 Å². The molecule has 4 N–H and O–H groups in total. The van der Waals surface area contributed by atoms with Crippen LogP contribution in [0, 0.1) is 6.92 Å². The van der Waals surface area contributed by atoms with E-state index in [0.29, 0.717) is 23.5 Å². The molecule has 0 saturated heterocycles. The average molecular weight is 308 g/mol. The number of anilines is 1. The summed E-state index contributed by atoms with van der Waals surface area (Å²) in [4.78, 5) is 12.7. The Morgan fingerprint density at radius 1 is 1.52 bits per heavy atom. The van der Waals surface area contributed by atoms with E-state index >= 15 is 0 Å². The molecule has 2 aromatic rings. The van der Waals surface area contributed by atoms with Crippen LogP contribution >= 0.6 is 11.3 Å². The number of amides is 1. The number of methoxy groups -OCH3 is 1. The number of aliphatic hydroxyl groups is 1. The highest BCUT2D eigenvalue weighted by Crippen LogP contribution is 2.34. The third kappa shape index (κ3) is 3.72. The normalized spacial score (nSPS) is 12.5. The Bertz CT molecular complexity index is 639. The largest absolute Gasteiger partial charge is 0.397 e. The average Bonchev–Trinajstić information content (AvgIpc) is 2.75. The Balaban J connectivity index is 2.04. The van der Waals surface area contributed by atoms with Crippen LogP contribution in [0.4, 0.5) is 5.69 Å². The van der Waals surface area contributed by atoms with Gasteiger partial charge in [0.1, 0.15) is 4.88 Å². The summed E-state index contributed by atoms with van der Waals surface area (Å²) >= 11 is 1.39. The highest BCUT2D eigenvalue weighted by atomic mass is 32.1. The number of hydrogen-bond acceptors (Lipinski definition) is 5. The fraction of sp³-hybridized carbons (Fsp3) is 0.400. The summed E-state index contributed by atoms with van der Waals surface area (Å²) in [6.45, 7) is 2.66. The molecule has 1 heterocycles. The standard InChI is InChI=1S/C15H20N2O3S/c1-9-3-4-11-12(7-9)21-14(13(11)16)15(19)17-6-5-10(18)8-20-2/h3-4,7,10,18H,5-6,8,16H2,1-2H3,(H,17,19). The van der Waals surface area contributed by atoms with Crippen LogP contribution in [0.15, 0.2) is 18.2 Å². The van der Waals surface area contributed by atoms with Crippen molar-refractivity contribution < 1.29 is 14.6 Å². The lowest BCUT2D eigenvalue weighted by Crippen LogP contribution is -2.28. The van der Waals surface area contributed by atoms with E-state index in [0.717, 1.165) is 15.6 Å². The van der Waals surface area contributed by atoms with Crippen LogP contribution in [-0.4, -0.2) is 37.4 Å². The maximum atomic E-state index is 12.2. The highest BCUT2D eigenvalue weighted by molar-refractivity contribution is 7.21. The second kappa shape index (κ2) is 6.89. The molecule has 0 aliphatic heterocycles. The number of carbonyl (C=O) groups is 1. The van der Waals surface area contributed by atoms with Gasteiger partial charge in [0, 0.05) is 23.7 Å². The Hall–Kier alpha value is -1.63. The molecule has 0 fully saturated rings. The molecular weight excluding hydrogens is 288 g/mol. The van der Waals surface area contributed by atoms with Gasteiger partial charge in [-0.3, -0.25) is 4.79 Å². The van der Waals surface area contributed by atoms with Crippen molar-refractivity contribution in [3.8, 4) is 0 Å². The molecule has 0 bridgehead atoms. The van der Waals surface area contributed by atoms with E-state index in [-0.39, 0.29) is 12.5 Å². The molecular formula is C15H20N2O3S. The Labute approximate surface area is 127 Å². The van der Waals surface area contributed by atoms with Crippen LogP contribution in [0.2, 0.25) is 0 Å². The van der Waals surface area contributed by atoms with E-state index < -0.39 is 6.10 Å². The maximum Gasteiger partial charge on any atom is 0.263 e. The molecule has 114 valence electrons. The summed E-state index contributed by atoms with van der Waals surface area (Å²) in [7, 11) is 1.53. The molecule has 21 heavy (non-hydrogen) atoms. The maximum absolute atomic E-state index is 12.2. The quantitative estimate of drug-likeness (QED) is 0.761. The van der Waals surface area contributed by atoms with Crippen molar-refractivity contribution in [3.63, 3.8) is 0 Å². The van der Waals surface area contributed by atoms with Crippen molar-refractivity contribution in [2.45, 2.75) is 19.4 Å². The molecule has 0 radical (unpaired) electrons. The van der Waals surface area contributed by atoms with Crippen molar-refractivity contribution in [2.24, 2.45) is 0 Å². The number of rotatable bonds is 6. The van der Waals surface area contributed by atoms with Gasteiger partial charge in [0.05, 0.1) is 18.4 Å². The van der Waals surface area contributed by atoms with Gasteiger partial charge in [0.2, 0.25) is 0 Å². The van der Waals surface area contributed by atoms with Crippen LogP contribution in [0.25, 0.3) is 10.1 Å². The van der Waals surface area contributed by atoms with Gasteiger partial charge >= 0.3 is 0 Å². The molecule has 0 spiro atoms. The smallest absolute Gasteiger partial charge is 0.263 e. The number of hydrogen-bond donors (Lipinski definition) is 3. The molecule has 0 aliphatic rings. The summed E-state index contributed by atoms with van der Waals surface area (Å²) in [6.07, 6.45) is -0.124. The Morgan fingerprint density at radius 2 is 2.29 bits per heavy atom. The van der Waals surface area contributed by atoms with Crippen molar-refractivity contribution >= 4 is 33.0 Å². The summed E-state index contributed by atoms with van der Waals surface area (Å²) < 4.78 is 5.85. The molecule has 0 saturated carbocycles. The van der Waals surface area contributed by atoms with Gasteiger partial charge in [0.15, 0.2) is 0 Å². The van der Waals surface area contributed by atoms with Crippen LogP contribution in [0.5, 0.6) is 0 Å². The van der Waals surface area contributed by atoms with E-state index in [1.807, 2.05) is 25.1 Å². The van der Waals surface area contributed by atoms with Gasteiger partial charge in [-0.05, 0) is 25.0 Å². The molecule has 0 aliphatic carbocycles. The summed E-state index contributed by atoms with van der Waals surface area (Å²) in [5.41, 5.74) is 7.71. The molecule has 1 amide bonds. The second-order valence-electron chi connectivity index (χ2n) is 5.00. The van der Waals surface area contributed by atoms with Gasteiger partial charge in [-0.2, -0.15) is 0 Å². The van der Waals surface area contributed by atoms with E-state index in [9.17, 15) is 9.90 Å². The summed E-state index contributed by atoms with van der Waals surface area (Å²) in [5, 5.41) is 13.2. The molecule has 1 aromatic heterocycles. The van der Waals surface area contributed by atoms with Gasteiger partial charge in [0.25, 0.3) is 5.91 Å². The van der Waals surface area contributed by atoms with Gasteiger partial charge in [-0.1, -0.05) is 12.1 Å². The zero-order valence-electron chi connectivity index (χ0n) is 12.2. The lowest BCUT2D eigenvalue weighted by Gasteiger charge is -2.09. The van der Waals surface area contributed by atoms with Crippen LogP contribution in [0.1, 0.15) is 21.7 Å². The monoisotopic (exact) mass is 308 g/mol. The number of aryl methyl sites for hydroxylation is 1. The number of ether oxygens (including phenoxy) is 1. The predicted molar refractivity (Wildman–Crippen MR) is 85.8 cm³/mol. The Morgan fingerprint density at radius 3 is 3.00 bits per heavy atom. The number of benzene rings is 1. The van der Waals surface area contributed by atoms with Crippen molar-refractivity contribution in [1.82, 2.24) is 5.32 Å². The number of aliphatic hydroxyl groups excluding tert-OH is 1. The molecule has 1 aromatic carbocycles. The number of nitrogen functional groups attached to an aromatic ring is 1. The predicted octanol–water partition coefficient (Wildman–Crippen LogP) is 1.92. The lowest BCUT2D eigenvalue weighted by atomic mass is 10.1. The number of carbonyl (C=O) groups excluding carboxylic acids is 1. The minimum Gasteiger partial charge on any atom is -0.397 e. The number of nitrogens with two attached hydrogens (primary N) is 1. The van der Waals surface area contributed by atoms with E-state index in [2.05, 4.69) is 5.32 Å². The first-order valence-corrected chi connectivity index (χ1v) is 7.58. The summed E-state index contributed by atoms with van der Waals surface area (Å²) in [5.74, 6) is -0.198. The lowest BCUT2D eigenvalue weighted by molar-refractivity contribution is 0.0588. The highest BCUT2D eigenvalue weighted by Gasteiger charge is 2.16.